The monoisotopic (exact) mass is 306 g/mol. The third-order valence-corrected chi connectivity index (χ3v) is 3.99. The molecular weight excluding hydrogens is 280 g/mol. The van der Waals surface area contributed by atoms with Crippen LogP contribution in [0.4, 0.5) is 0 Å². The highest BCUT2D eigenvalue weighted by atomic mass is 16.5. The number of hydrogen-bond acceptors (Lipinski definition) is 4. The molecule has 1 unspecified atom stereocenters. The van der Waals surface area contributed by atoms with Crippen LogP contribution in [0.3, 0.4) is 0 Å². The van der Waals surface area contributed by atoms with Crippen LogP contribution in [0.25, 0.3) is 0 Å². The normalized spacial score (nSPS) is 18.1. The zero-order valence-electron chi connectivity index (χ0n) is 13.9. The smallest absolute Gasteiger partial charge is 0.224 e. The maximum atomic E-state index is 12.3. The molecule has 0 aliphatic carbocycles. The number of carbonyl (C=O) groups is 1. The summed E-state index contributed by atoms with van der Waals surface area (Å²) in [6.45, 7) is 6.82. The van der Waals surface area contributed by atoms with Crippen molar-refractivity contribution in [3.63, 3.8) is 0 Å². The highest BCUT2D eigenvalue weighted by Crippen LogP contribution is 2.24. The minimum atomic E-state index is 0.128. The molecule has 1 heterocycles. The number of rotatable bonds is 5. The number of nitrogens with one attached hydrogen (secondary N) is 1. The second-order valence-corrected chi connectivity index (χ2v) is 5.94. The van der Waals surface area contributed by atoms with Crippen molar-refractivity contribution in [2.45, 2.75) is 32.9 Å². The van der Waals surface area contributed by atoms with Crippen LogP contribution in [0.15, 0.2) is 12.1 Å². The van der Waals surface area contributed by atoms with E-state index in [1.165, 1.54) is 0 Å². The second kappa shape index (κ2) is 7.61. The summed E-state index contributed by atoms with van der Waals surface area (Å²) in [6, 6.07) is 4.29. The van der Waals surface area contributed by atoms with Gasteiger partial charge in [0.05, 0.1) is 20.3 Å². The van der Waals surface area contributed by atoms with Gasteiger partial charge < -0.3 is 19.7 Å². The summed E-state index contributed by atoms with van der Waals surface area (Å²) in [5.41, 5.74) is 3.32. The van der Waals surface area contributed by atoms with Crippen LogP contribution >= 0.6 is 0 Å². The number of methoxy groups -OCH3 is 1. The molecule has 1 aromatic rings. The molecule has 0 radical (unpaired) electrons. The topological polar surface area (TPSA) is 50.8 Å². The zero-order valence-corrected chi connectivity index (χ0v) is 13.9. The average Bonchev–Trinajstić information content (AvgIpc) is 2.48. The fraction of sp³-hybridized carbons (Fsp3) is 0.588. The molecule has 1 atom stereocenters. The van der Waals surface area contributed by atoms with E-state index in [-0.39, 0.29) is 11.9 Å². The average molecular weight is 306 g/mol. The summed E-state index contributed by atoms with van der Waals surface area (Å²) >= 11 is 0. The number of carbonyl (C=O) groups excluding carboxylic acids is 1. The molecule has 0 saturated carbocycles. The quantitative estimate of drug-likeness (QED) is 0.899. The van der Waals surface area contributed by atoms with E-state index in [2.05, 4.69) is 17.4 Å². The first-order valence-corrected chi connectivity index (χ1v) is 7.70. The third-order valence-electron chi connectivity index (χ3n) is 3.99. The molecule has 0 spiro atoms. The van der Waals surface area contributed by atoms with Gasteiger partial charge in [-0.15, -0.1) is 0 Å². The molecule has 1 saturated heterocycles. The minimum Gasteiger partial charge on any atom is -0.496 e. The van der Waals surface area contributed by atoms with Crippen LogP contribution in [0.1, 0.15) is 23.1 Å². The molecule has 2 rings (SSSR count). The van der Waals surface area contributed by atoms with Crippen molar-refractivity contribution >= 4 is 5.91 Å². The van der Waals surface area contributed by atoms with Gasteiger partial charge in [-0.1, -0.05) is 12.1 Å². The minimum absolute atomic E-state index is 0.128. The summed E-state index contributed by atoms with van der Waals surface area (Å²) in [7, 11) is 3.53. The van der Waals surface area contributed by atoms with E-state index in [4.69, 9.17) is 9.47 Å². The van der Waals surface area contributed by atoms with Gasteiger partial charge in [0.1, 0.15) is 5.75 Å². The molecule has 122 valence electrons. The molecule has 5 heteroatoms. The van der Waals surface area contributed by atoms with E-state index >= 15 is 0 Å². The first kappa shape index (κ1) is 16.8. The van der Waals surface area contributed by atoms with E-state index in [1.54, 1.807) is 12.0 Å². The van der Waals surface area contributed by atoms with Gasteiger partial charge in [-0.2, -0.15) is 0 Å². The predicted molar refractivity (Wildman–Crippen MR) is 86.2 cm³/mol. The molecule has 1 aliphatic heterocycles. The summed E-state index contributed by atoms with van der Waals surface area (Å²) in [5, 5.41) is 3.31. The van der Waals surface area contributed by atoms with Gasteiger partial charge >= 0.3 is 0 Å². The lowest BCUT2D eigenvalue weighted by atomic mass is 10.0. The molecule has 1 aromatic carbocycles. The Hall–Kier alpha value is -1.59. The van der Waals surface area contributed by atoms with Gasteiger partial charge in [-0.25, -0.2) is 0 Å². The Labute approximate surface area is 132 Å². The Morgan fingerprint density at radius 1 is 1.41 bits per heavy atom. The summed E-state index contributed by atoms with van der Waals surface area (Å²) < 4.78 is 10.8. The van der Waals surface area contributed by atoms with Crippen LogP contribution in [0.2, 0.25) is 0 Å². The van der Waals surface area contributed by atoms with Crippen LogP contribution in [0, 0.1) is 13.8 Å². The zero-order chi connectivity index (χ0) is 16.1. The van der Waals surface area contributed by atoms with Gasteiger partial charge in [0.2, 0.25) is 5.91 Å². The van der Waals surface area contributed by atoms with Crippen molar-refractivity contribution in [2.24, 2.45) is 0 Å². The number of benzene rings is 1. The van der Waals surface area contributed by atoms with Crippen LogP contribution < -0.4 is 10.1 Å². The summed E-state index contributed by atoms with van der Waals surface area (Å²) in [4.78, 5) is 14.1. The van der Waals surface area contributed by atoms with Crippen LogP contribution in [-0.4, -0.2) is 50.8 Å². The lowest BCUT2D eigenvalue weighted by Crippen LogP contribution is -2.44. The number of amides is 1. The SMILES string of the molecule is COc1c(C)cc(CN(C)C(=O)CC2COCCN2)cc1C. The molecule has 1 amide bonds. The van der Waals surface area contributed by atoms with Gasteiger partial charge in [0.15, 0.2) is 0 Å². The Bertz CT molecular complexity index is 502. The fourth-order valence-electron chi connectivity index (χ4n) is 2.93. The van der Waals surface area contributed by atoms with E-state index < -0.39 is 0 Å². The summed E-state index contributed by atoms with van der Waals surface area (Å²) in [5.74, 6) is 1.05. The molecular formula is C17H26N2O3. The lowest BCUT2D eigenvalue weighted by Gasteiger charge is -2.26. The van der Waals surface area contributed by atoms with Crippen molar-refractivity contribution in [1.29, 1.82) is 0 Å². The highest BCUT2D eigenvalue weighted by Gasteiger charge is 2.19. The Balaban J connectivity index is 1.95. The van der Waals surface area contributed by atoms with Crippen molar-refractivity contribution in [3.05, 3.63) is 28.8 Å². The van der Waals surface area contributed by atoms with E-state index in [1.807, 2.05) is 20.9 Å². The lowest BCUT2D eigenvalue weighted by molar-refractivity contribution is -0.131. The number of morpholine rings is 1. The van der Waals surface area contributed by atoms with Crippen LogP contribution in [0.5, 0.6) is 5.75 Å². The first-order valence-electron chi connectivity index (χ1n) is 7.70. The molecule has 0 bridgehead atoms. The van der Waals surface area contributed by atoms with Crippen molar-refractivity contribution < 1.29 is 14.3 Å². The van der Waals surface area contributed by atoms with Crippen molar-refractivity contribution in [3.8, 4) is 5.75 Å². The molecule has 1 N–H and O–H groups in total. The van der Waals surface area contributed by atoms with Gasteiger partial charge in [-0.3, -0.25) is 4.79 Å². The maximum absolute atomic E-state index is 12.3. The van der Waals surface area contributed by atoms with E-state index in [0.717, 1.165) is 35.6 Å². The molecule has 0 aromatic heterocycles. The Kier molecular flexibility index (Phi) is 5.80. The van der Waals surface area contributed by atoms with Crippen LogP contribution in [-0.2, 0) is 16.1 Å². The predicted octanol–water partition coefficient (Wildman–Crippen LogP) is 1.65. The summed E-state index contributed by atoms with van der Waals surface area (Å²) in [6.07, 6.45) is 0.477. The van der Waals surface area contributed by atoms with Crippen molar-refractivity contribution in [1.82, 2.24) is 10.2 Å². The van der Waals surface area contributed by atoms with Gasteiger partial charge in [-0.05, 0) is 30.5 Å². The standard InChI is InChI=1S/C17H26N2O3/c1-12-7-14(8-13(2)17(12)21-4)10-19(3)16(20)9-15-11-22-6-5-18-15/h7-8,15,18H,5-6,9-11H2,1-4H3. The number of aryl methyl sites for hydroxylation is 2. The molecule has 1 aliphatic rings. The van der Waals surface area contributed by atoms with E-state index in [9.17, 15) is 4.79 Å². The Morgan fingerprint density at radius 3 is 2.64 bits per heavy atom. The molecule has 1 fully saturated rings. The molecule has 22 heavy (non-hydrogen) atoms. The first-order chi connectivity index (χ1) is 10.5. The number of hydrogen-bond donors (Lipinski definition) is 1. The number of nitrogens with zero attached hydrogens (tertiary/aromatic N) is 1. The van der Waals surface area contributed by atoms with Gasteiger partial charge in [0.25, 0.3) is 0 Å². The van der Waals surface area contributed by atoms with E-state index in [0.29, 0.717) is 19.6 Å². The van der Waals surface area contributed by atoms with Crippen molar-refractivity contribution in [2.75, 3.05) is 33.9 Å². The second-order valence-electron chi connectivity index (χ2n) is 5.94. The molecule has 5 nitrogen and oxygen atoms in total. The fourth-order valence-corrected chi connectivity index (χ4v) is 2.93. The highest BCUT2D eigenvalue weighted by molar-refractivity contribution is 5.76. The maximum Gasteiger partial charge on any atom is 0.224 e. The number of ether oxygens (including phenoxy) is 2. The third kappa shape index (κ3) is 4.21. The largest absolute Gasteiger partial charge is 0.496 e. The van der Waals surface area contributed by atoms with Gasteiger partial charge in [0, 0.05) is 32.6 Å². The Morgan fingerprint density at radius 2 is 2.09 bits per heavy atom.